The normalized spacial score (nSPS) is 16.6. The Labute approximate surface area is 130 Å². The number of likely N-dealkylation sites (tertiary alicyclic amines) is 1. The van der Waals surface area contributed by atoms with E-state index in [0.717, 1.165) is 36.3 Å². The van der Waals surface area contributed by atoms with Crippen LogP contribution in [0.2, 0.25) is 0 Å². The van der Waals surface area contributed by atoms with Gasteiger partial charge < -0.3 is 9.15 Å². The molecular weight excluding hydrogens is 278 g/mol. The van der Waals surface area contributed by atoms with Gasteiger partial charge in [0, 0.05) is 18.0 Å². The van der Waals surface area contributed by atoms with Crippen LogP contribution in [0, 0.1) is 0 Å². The molecule has 1 aromatic carbocycles. The first kappa shape index (κ1) is 15.1. The summed E-state index contributed by atoms with van der Waals surface area (Å²) in [7, 11) is 0. The summed E-state index contributed by atoms with van der Waals surface area (Å²) in [6.45, 7) is 5.61. The molecule has 2 aromatic rings. The molecule has 0 amide bonds. The Balaban J connectivity index is 1.95. The Hall–Kier alpha value is -1.81. The number of nitrogens with zero attached hydrogens (tertiary/aromatic N) is 1. The average molecular weight is 301 g/mol. The maximum absolute atomic E-state index is 11.8. The van der Waals surface area contributed by atoms with E-state index in [4.69, 9.17) is 9.15 Å². The SMILES string of the molecule is CCOc1ccc2oc(=O)cc(CN3CCCCCC3)c2c1. The zero-order chi connectivity index (χ0) is 15.4. The molecule has 2 heterocycles. The molecule has 118 valence electrons. The van der Waals surface area contributed by atoms with Gasteiger partial charge in [-0.3, -0.25) is 4.90 Å². The van der Waals surface area contributed by atoms with E-state index in [1.165, 1.54) is 25.7 Å². The second-order valence-corrected chi connectivity index (χ2v) is 5.87. The Morgan fingerprint density at radius 2 is 1.91 bits per heavy atom. The number of hydrogen-bond donors (Lipinski definition) is 0. The van der Waals surface area contributed by atoms with E-state index in [-0.39, 0.29) is 5.63 Å². The summed E-state index contributed by atoms with van der Waals surface area (Å²) in [5, 5.41) is 0.981. The van der Waals surface area contributed by atoms with Gasteiger partial charge in [-0.1, -0.05) is 12.8 Å². The molecule has 1 aromatic heterocycles. The van der Waals surface area contributed by atoms with Crippen LogP contribution >= 0.6 is 0 Å². The second-order valence-electron chi connectivity index (χ2n) is 5.87. The van der Waals surface area contributed by atoms with Crippen LogP contribution in [0.4, 0.5) is 0 Å². The molecule has 0 bridgehead atoms. The van der Waals surface area contributed by atoms with Gasteiger partial charge in [0.25, 0.3) is 0 Å². The minimum Gasteiger partial charge on any atom is -0.494 e. The lowest BCUT2D eigenvalue weighted by molar-refractivity contribution is 0.277. The predicted molar refractivity (Wildman–Crippen MR) is 87.4 cm³/mol. The highest BCUT2D eigenvalue weighted by atomic mass is 16.5. The fraction of sp³-hybridized carbons (Fsp3) is 0.500. The topological polar surface area (TPSA) is 42.7 Å². The number of benzene rings is 1. The van der Waals surface area contributed by atoms with Crippen molar-refractivity contribution >= 4 is 11.0 Å². The molecule has 22 heavy (non-hydrogen) atoms. The van der Waals surface area contributed by atoms with Crippen LogP contribution in [0.5, 0.6) is 5.75 Å². The molecule has 3 rings (SSSR count). The Morgan fingerprint density at radius 3 is 2.64 bits per heavy atom. The van der Waals surface area contributed by atoms with E-state index in [0.29, 0.717) is 12.2 Å². The van der Waals surface area contributed by atoms with Crippen molar-refractivity contribution < 1.29 is 9.15 Å². The van der Waals surface area contributed by atoms with Crippen LogP contribution < -0.4 is 10.4 Å². The molecule has 0 N–H and O–H groups in total. The first-order valence-electron chi connectivity index (χ1n) is 8.18. The minimum atomic E-state index is -0.276. The Kier molecular flexibility index (Phi) is 4.78. The molecule has 1 fully saturated rings. The monoisotopic (exact) mass is 301 g/mol. The molecule has 0 saturated carbocycles. The fourth-order valence-electron chi connectivity index (χ4n) is 3.13. The van der Waals surface area contributed by atoms with Crippen LogP contribution in [0.15, 0.2) is 33.5 Å². The van der Waals surface area contributed by atoms with E-state index in [2.05, 4.69) is 4.90 Å². The number of fused-ring (bicyclic) bond motifs is 1. The molecule has 1 saturated heterocycles. The van der Waals surface area contributed by atoms with Crippen molar-refractivity contribution in [2.45, 2.75) is 39.2 Å². The van der Waals surface area contributed by atoms with Crippen molar-refractivity contribution in [3.05, 3.63) is 40.2 Å². The van der Waals surface area contributed by atoms with Gasteiger partial charge in [0.05, 0.1) is 6.61 Å². The van der Waals surface area contributed by atoms with Gasteiger partial charge in [0.1, 0.15) is 11.3 Å². The van der Waals surface area contributed by atoms with Gasteiger partial charge in [0.2, 0.25) is 0 Å². The summed E-state index contributed by atoms with van der Waals surface area (Å²) in [6.07, 6.45) is 5.10. The van der Waals surface area contributed by atoms with Gasteiger partial charge >= 0.3 is 5.63 Å². The lowest BCUT2D eigenvalue weighted by atomic mass is 10.1. The van der Waals surface area contributed by atoms with Gasteiger partial charge in [-0.05, 0) is 56.6 Å². The van der Waals surface area contributed by atoms with E-state index >= 15 is 0 Å². The van der Waals surface area contributed by atoms with E-state index < -0.39 is 0 Å². The number of hydrogen-bond acceptors (Lipinski definition) is 4. The molecular formula is C18H23NO3. The molecule has 1 aliphatic rings. The molecule has 4 heteroatoms. The summed E-state index contributed by atoms with van der Waals surface area (Å²) in [4.78, 5) is 14.2. The molecule has 1 aliphatic heterocycles. The average Bonchev–Trinajstić information content (AvgIpc) is 2.77. The van der Waals surface area contributed by atoms with Crippen molar-refractivity contribution in [1.82, 2.24) is 4.90 Å². The standard InChI is InChI=1S/C18H23NO3/c1-2-21-15-7-8-17-16(12-15)14(11-18(20)22-17)13-19-9-5-3-4-6-10-19/h7-8,11-12H,2-6,9-10,13H2,1H3. The zero-order valence-corrected chi connectivity index (χ0v) is 13.1. The van der Waals surface area contributed by atoms with Crippen LogP contribution in [0.1, 0.15) is 38.2 Å². The van der Waals surface area contributed by atoms with Crippen LogP contribution in [-0.2, 0) is 6.54 Å². The Morgan fingerprint density at radius 1 is 1.14 bits per heavy atom. The summed E-state index contributed by atoms with van der Waals surface area (Å²) in [5.74, 6) is 0.820. The lowest BCUT2D eigenvalue weighted by Crippen LogP contribution is -2.24. The molecule has 0 radical (unpaired) electrons. The van der Waals surface area contributed by atoms with Gasteiger partial charge in [-0.15, -0.1) is 0 Å². The second kappa shape index (κ2) is 6.97. The van der Waals surface area contributed by atoms with Crippen LogP contribution in [0.25, 0.3) is 11.0 Å². The predicted octanol–water partition coefficient (Wildman–Crippen LogP) is 3.57. The smallest absolute Gasteiger partial charge is 0.336 e. The third kappa shape index (κ3) is 3.50. The van der Waals surface area contributed by atoms with Crippen molar-refractivity contribution in [3.63, 3.8) is 0 Å². The van der Waals surface area contributed by atoms with E-state index in [9.17, 15) is 4.79 Å². The number of ether oxygens (including phenoxy) is 1. The highest BCUT2D eigenvalue weighted by Crippen LogP contribution is 2.24. The van der Waals surface area contributed by atoms with Gasteiger partial charge in [-0.25, -0.2) is 4.79 Å². The van der Waals surface area contributed by atoms with Crippen molar-refractivity contribution in [2.75, 3.05) is 19.7 Å². The highest BCUT2D eigenvalue weighted by molar-refractivity contribution is 5.81. The summed E-state index contributed by atoms with van der Waals surface area (Å²) in [5.41, 5.74) is 1.40. The van der Waals surface area contributed by atoms with E-state index in [1.807, 2.05) is 25.1 Å². The summed E-state index contributed by atoms with van der Waals surface area (Å²) in [6, 6.07) is 7.29. The zero-order valence-electron chi connectivity index (χ0n) is 13.1. The maximum atomic E-state index is 11.8. The van der Waals surface area contributed by atoms with Crippen molar-refractivity contribution in [1.29, 1.82) is 0 Å². The van der Waals surface area contributed by atoms with Crippen molar-refractivity contribution in [3.8, 4) is 5.75 Å². The molecule has 0 unspecified atom stereocenters. The quantitative estimate of drug-likeness (QED) is 0.810. The Bertz CT molecular complexity index is 684. The maximum Gasteiger partial charge on any atom is 0.336 e. The van der Waals surface area contributed by atoms with Crippen LogP contribution in [-0.4, -0.2) is 24.6 Å². The third-order valence-corrected chi connectivity index (χ3v) is 4.20. The van der Waals surface area contributed by atoms with E-state index in [1.54, 1.807) is 6.07 Å². The number of rotatable bonds is 4. The first-order valence-corrected chi connectivity index (χ1v) is 8.18. The van der Waals surface area contributed by atoms with Gasteiger partial charge in [0.15, 0.2) is 0 Å². The molecule has 0 spiro atoms. The summed E-state index contributed by atoms with van der Waals surface area (Å²) >= 11 is 0. The molecule has 0 aliphatic carbocycles. The molecule has 0 atom stereocenters. The highest BCUT2D eigenvalue weighted by Gasteiger charge is 2.13. The lowest BCUT2D eigenvalue weighted by Gasteiger charge is -2.20. The third-order valence-electron chi connectivity index (χ3n) is 4.20. The molecule has 4 nitrogen and oxygen atoms in total. The van der Waals surface area contributed by atoms with Crippen molar-refractivity contribution in [2.24, 2.45) is 0 Å². The largest absolute Gasteiger partial charge is 0.494 e. The fourth-order valence-corrected chi connectivity index (χ4v) is 3.13. The van der Waals surface area contributed by atoms with Crippen LogP contribution in [0.3, 0.4) is 0 Å². The van der Waals surface area contributed by atoms with Gasteiger partial charge in [-0.2, -0.15) is 0 Å². The summed E-state index contributed by atoms with van der Waals surface area (Å²) < 4.78 is 10.9. The minimum absolute atomic E-state index is 0.276. The first-order chi connectivity index (χ1) is 10.8.